The molecule has 82 valence electrons. The van der Waals surface area contributed by atoms with E-state index in [-0.39, 0.29) is 18.0 Å². The van der Waals surface area contributed by atoms with Gasteiger partial charge in [-0.05, 0) is 31.5 Å². The minimum atomic E-state index is -0.853. The zero-order valence-corrected chi connectivity index (χ0v) is 10.3. The highest BCUT2D eigenvalue weighted by Crippen LogP contribution is 2.20. The van der Waals surface area contributed by atoms with E-state index in [0.717, 1.165) is 5.56 Å². The molecule has 0 atom stereocenters. The molecule has 0 aliphatic carbocycles. The highest BCUT2D eigenvalue weighted by molar-refractivity contribution is 9.10. The fraction of sp³-hybridized carbons (Fsp3) is 0.364. The lowest BCUT2D eigenvalue weighted by atomic mass is 9.95. The van der Waals surface area contributed by atoms with E-state index in [1.807, 2.05) is 0 Å². The molecule has 15 heavy (non-hydrogen) atoms. The van der Waals surface area contributed by atoms with Crippen molar-refractivity contribution in [2.45, 2.75) is 25.8 Å². The third-order valence-corrected chi connectivity index (χ3v) is 2.82. The second-order valence-corrected chi connectivity index (χ2v) is 4.91. The molecule has 0 fully saturated rings. The van der Waals surface area contributed by atoms with Crippen LogP contribution in [0, 0.1) is 5.82 Å². The summed E-state index contributed by atoms with van der Waals surface area (Å²) >= 11 is 3.21. The lowest BCUT2D eigenvalue weighted by Gasteiger charge is -2.17. The molecule has 0 heterocycles. The molecular formula is C11H13BrFNO. The number of nitrogens with two attached hydrogens (primary N) is 1. The number of hydrogen-bond acceptors (Lipinski definition) is 2. The Labute approximate surface area is 96.8 Å². The Hall–Kier alpha value is -0.740. The van der Waals surface area contributed by atoms with Gasteiger partial charge in [0, 0.05) is 10.9 Å². The molecule has 2 nitrogen and oxygen atoms in total. The number of halogens is 2. The number of carbonyl (C=O) groups excluding carboxylic acids is 1. The van der Waals surface area contributed by atoms with Gasteiger partial charge in [0.1, 0.15) is 5.82 Å². The summed E-state index contributed by atoms with van der Waals surface area (Å²) in [7, 11) is 0. The highest BCUT2D eigenvalue weighted by Gasteiger charge is 2.22. The Balaban J connectivity index is 2.87. The monoisotopic (exact) mass is 273 g/mol. The maximum atomic E-state index is 12.8. The second kappa shape index (κ2) is 4.41. The summed E-state index contributed by atoms with van der Waals surface area (Å²) in [5, 5.41) is 0. The number of Topliss-reactive ketones (excluding diaryl/α,β-unsaturated/α-hetero) is 1. The largest absolute Gasteiger partial charge is 0.319 e. The van der Waals surface area contributed by atoms with Crippen molar-refractivity contribution < 1.29 is 9.18 Å². The van der Waals surface area contributed by atoms with Crippen LogP contribution in [0.15, 0.2) is 22.7 Å². The first-order valence-electron chi connectivity index (χ1n) is 4.57. The van der Waals surface area contributed by atoms with Gasteiger partial charge in [-0.3, -0.25) is 4.79 Å². The van der Waals surface area contributed by atoms with E-state index in [9.17, 15) is 9.18 Å². The number of rotatable bonds is 3. The first-order valence-corrected chi connectivity index (χ1v) is 5.36. The third kappa shape index (κ3) is 3.39. The molecule has 4 heteroatoms. The van der Waals surface area contributed by atoms with Crippen molar-refractivity contribution in [3.63, 3.8) is 0 Å². The van der Waals surface area contributed by atoms with E-state index in [1.165, 1.54) is 12.1 Å². The van der Waals surface area contributed by atoms with Crippen molar-refractivity contribution in [2.75, 3.05) is 0 Å². The lowest BCUT2D eigenvalue weighted by Crippen LogP contribution is -2.42. The zero-order chi connectivity index (χ0) is 11.6. The van der Waals surface area contributed by atoms with Crippen LogP contribution in [-0.2, 0) is 11.2 Å². The van der Waals surface area contributed by atoms with Gasteiger partial charge in [-0.1, -0.05) is 22.0 Å². The SMILES string of the molecule is CC(C)(N)C(=O)Cc1ccc(F)cc1Br. The molecule has 0 saturated heterocycles. The summed E-state index contributed by atoms with van der Waals surface area (Å²) in [4.78, 5) is 11.6. The standard InChI is InChI=1S/C11H13BrFNO/c1-11(2,14)10(15)5-7-3-4-8(13)6-9(7)12/h3-4,6H,5,14H2,1-2H3. The van der Waals surface area contributed by atoms with Crippen LogP contribution in [0.25, 0.3) is 0 Å². The van der Waals surface area contributed by atoms with Crippen LogP contribution in [0.1, 0.15) is 19.4 Å². The molecule has 0 saturated carbocycles. The first kappa shape index (κ1) is 12.3. The Morgan fingerprint density at radius 2 is 2.13 bits per heavy atom. The predicted molar refractivity (Wildman–Crippen MR) is 61.1 cm³/mol. The van der Waals surface area contributed by atoms with E-state index in [2.05, 4.69) is 15.9 Å². The minimum Gasteiger partial charge on any atom is -0.319 e. The van der Waals surface area contributed by atoms with Gasteiger partial charge < -0.3 is 5.73 Å². The Kier molecular flexibility index (Phi) is 3.62. The fourth-order valence-corrected chi connectivity index (χ4v) is 1.56. The zero-order valence-electron chi connectivity index (χ0n) is 8.68. The topological polar surface area (TPSA) is 43.1 Å². The van der Waals surface area contributed by atoms with Gasteiger partial charge in [0.15, 0.2) is 5.78 Å². The molecule has 2 N–H and O–H groups in total. The number of carbonyl (C=O) groups is 1. The molecule has 0 unspecified atom stereocenters. The maximum absolute atomic E-state index is 12.8. The molecule has 0 spiro atoms. The van der Waals surface area contributed by atoms with Crippen LogP contribution in [0.4, 0.5) is 4.39 Å². The van der Waals surface area contributed by atoms with Crippen molar-refractivity contribution in [2.24, 2.45) is 5.73 Å². The van der Waals surface area contributed by atoms with E-state index in [4.69, 9.17) is 5.73 Å². The number of ketones is 1. The molecule has 1 rings (SSSR count). The van der Waals surface area contributed by atoms with E-state index in [1.54, 1.807) is 19.9 Å². The number of benzene rings is 1. The molecule has 0 aromatic heterocycles. The summed E-state index contributed by atoms with van der Waals surface area (Å²) in [6.45, 7) is 3.32. The van der Waals surface area contributed by atoms with Gasteiger partial charge in [-0.15, -0.1) is 0 Å². The molecule has 0 aliphatic heterocycles. The van der Waals surface area contributed by atoms with E-state index >= 15 is 0 Å². The second-order valence-electron chi connectivity index (χ2n) is 4.06. The normalized spacial score (nSPS) is 11.5. The predicted octanol–water partition coefficient (Wildman–Crippen LogP) is 2.44. The minimum absolute atomic E-state index is 0.0743. The molecule has 0 aliphatic rings. The number of hydrogen-bond donors (Lipinski definition) is 1. The van der Waals surface area contributed by atoms with Gasteiger partial charge in [0.05, 0.1) is 5.54 Å². The van der Waals surface area contributed by atoms with E-state index < -0.39 is 5.54 Å². The molecule has 1 aromatic carbocycles. The van der Waals surface area contributed by atoms with Crippen LogP contribution in [-0.4, -0.2) is 11.3 Å². The van der Waals surface area contributed by atoms with Crippen molar-refractivity contribution in [1.82, 2.24) is 0 Å². The smallest absolute Gasteiger partial charge is 0.156 e. The Morgan fingerprint density at radius 1 is 1.53 bits per heavy atom. The fourth-order valence-electron chi connectivity index (χ4n) is 1.07. The maximum Gasteiger partial charge on any atom is 0.156 e. The van der Waals surface area contributed by atoms with Crippen LogP contribution in [0.5, 0.6) is 0 Å². The van der Waals surface area contributed by atoms with Gasteiger partial charge in [0.2, 0.25) is 0 Å². The molecule has 1 aromatic rings. The van der Waals surface area contributed by atoms with Crippen LogP contribution in [0.2, 0.25) is 0 Å². The van der Waals surface area contributed by atoms with Gasteiger partial charge >= 0.3 is 0 Å². The average molecular weight is 274 g/mol. The summed E-state index contributed by atoms with van der Waals surface area (Å²) in [5.41, 5.74) is 5.56. The van der Waals surface area contributed by atoms with Gasteiger partial charge in [-0.2, -0.15) is 0 Å². The molecule has 0 amide bonds. The lowest BCUT2D eigenvalue weighted by molar-refractivity contribution is -0.122. The molecular weight excluding hydrogens is 261 g/mol. The quantitative estimate of drug-likeness (QED) is 0.919. The van der Waals surface area contributed by atoms with Crippen molar-refractivity contribution in [3.8, 4) is 0 Å². The summed E-state index contributed by atoms with van der Waals surface area (Å²) in [6, 6.07) is 4.26. The summed E-state index contributed by atoms with van der Waals surface area (Å²) < 4.78 is 13.4. The average Bonchev–Trinajstić information content (AvgIpc) is 2.08. The highest BCUT2D eigenvalue weighted by atomic mass is 79.9. The molecule has 0 bridgehead atoms. The van der Waals surface area contributed by atoms with Crippen molar-refractivity contribution in [3.05, 3.63) is 34.1 Å². The Bertz CT molecular complexity index is 385. The van der Waals surface area contributed by atoms with Crippen LogP contribution >= 0.6 is 15.9 Å². The summed E-state index contributed by atoms with van der Waals surface area (Å²) in [6.07, 6.45) is 0.213. The van der Waals surface area contributed by atoms with E-state index in [0.29, 0.717) is 4.47 Å². The third-order valence-electron chi connectivity index (χ3n) is 2.08. The Morgan fingerprint density at radius 3 is 2.60 bits per heavy atom. The van der Waals surface area contributed by atoms with Crippen LogP contribution in [0.3, 0.4) is 0 Å². The van der Waals surface area contributed by atoms with Gasteiger partial charge in [0.25, 0.3) is 0 Å². The van der Waals surface area contributed by atoms with Gasteiger partial charge in [-0.25, -0.2) is 4.39 Å². The summed E-state index contributed by atoms with van der Waals surface area (Å²) in [5.74, 6) is -0.403. The van der Waals surface area contributed by atoms with Crippen LogP contribution < -0.4 is 5.73 Å². The first-order chi connectivity index (χ1) is 6.80. The van der Waals surface area contributed by atoms with Crippen molar-refractivity contribution >= 4 is 21.7 Å². The van der Waals surface area contributed by atoms with Crippen molar-refractivity contribution in [1.29, 1.82) is 0 Å². The molecule has 0 radical (unpaired) electrons.